The van der Waals surface area contributed by atoms with Gasteiger partial charge in [0, 0.05) is 13.4 Å². The summed E-state index contributed by atoms with van der Waals surface area (Å²) in [4.78, 5) is 24.1. The van der Waals surface area contributed by atoms with Crippen molar-refractivity contribution >= 4 is 36.1 Å². The first-order valence-corrected chi connectivity index (χ1v) is 13.0. The average molecular weight is 410 g/mol. The maximum atomic E-state index is 12.2. The predicted molar refractivity (Wildman–Crippen MR) is 99.9 cm³/mol. The van der Waals surface area contributed by atoms with Crippen LogP contribution in [0, 0.1) is 0 Å². The molecule has 0 spiro atoms. The fraction of sp³-hybridized carbons (Fsp3) is 0.875. The number of esters is 1. The zero-order valence-electron chi connectivity index (χ0n) is 15.3. The van der Waals surface area contributed by atoms with Gasteiger partial charge in [0.1, 0.15) is 11.6 Å². The van der Waals surface area contributed by atoms with Crippen LogP contribution in [0.3, 0.4) is 0 Å². The van der Waals surface area contributed by atoms with E-state index in [0.717, 1.165) is 24.2 Å². The van der Waals surface area contributed by atoms with Crippen molar-refractivity contribution in [3.8, 4) is 0 Å². The highest BCUT2D eigenvalue weighted by atomic mass is 79.9. The summed E-state index contributed by atoms with van der Waals surface area (Å²) in [6.07, 6.45) is 1.74. The van der Waals surface area contributed by atoms with Gasteiger partial charge in [0.25, 0.3) is 0 Å². The molecule has 0 fully saturated rings. The van der Waals surface area contributed by atoms with Gasteiger partial charge in [-0.2, -0.15) is 0 Å². The van der Waals surface area contributed by atoms with E-state index in [9.17, 15) is 9.59 Å². The highest BCUT2D eigenvalue weighted by Crippen LogP contribution is 2.11. The van der Waals surface area contributed by atoms with E-state index in [1.165, 1.54) is 0 Å². The van der Waals surface area contributed by atoms with Crippen molar-refractivity contribution in [2.24, 2.45) is 0 Å². The number of ether oxygens (including phenoxy) is 2. The van der Waals surface area contributed by atoms with Gasteiger partial charge in [0.2, 0.25) is 0 Å². The van der Waals surface area contributed by atoms with Gasteiger partial charge in [-0.3, -0.25) is 0 Å². The van der Waals surface area contributed by atoms with Crippen LogP contribution in [0.1, 0.15) is 40.0 Å². The van der Waals surface area contributed by atoms with Gasteiger partial charge in [-0.15, -0.1) is 0 Å². The van der Waals surface area contributed by atoms with Gasteiger partial charge in [-0.05, 0) is 46.1 Å². The molecule has 23 heavy (non-hydrogen) atoms. The summed E-state index contributed by atoms with van der Waals surface area (Å²) in [5.74, 6) is -0.372. The molecule has 0 rings (SSSR count). The smallest absolute Gasteiger partial charge is 0.408 e. The maximum absolute atomic E-state index is 12.2. The Morgan fingerprint density at radius 2 is 1.78 bits per heavy atom. The summed E-state index contributed by atoms with van der Waals surface area (Å²) in [6, 6.07) is 0.268. The molecular weight excluding hydrogens is 378 g/mol. The van der Waals surface area contributed by atoms with Crippen LogP contribution in [0.5, 0.6) is 0 Å². The van der Waals surface area contributed by atoms with Gasteiger partial charge in [-0.25, -0.2) is 9.59 Å². The highest BCUT2D eigenvalue weighted by Gasteiger charge is 2.25. The number of unbranched alkanes of at least 4 members (excludes halogenated alkanes) is 1. The highest BCUT2D eigenvalue weighted by molar-refractivity contribution is 9.09. The fourth-order valence-electron chi connectivity index (χ4n) is 1.70. The number of amides is 1. The van der Waals surface area contributed by atoms with Gasteiger partial charge in [-0.1, -0.05) is 35.6 Å². The Morgan fingerprint density at radius 1 is 1.17 bits per heavy atom. The SMILES string of the molecule is CC(C)(C)OC(=O)N[C@@H](CCCCBr)C(=O)OCC[Si](C)(C)C. The molecule has 0 aromatic carbocycles. The maximum Gasteiger partial charge on any atom is 0.408 e. The number of halogens is 1. The lowest BCUT2D eigenvalue weighted by Crippen LogP contribution is -2.44. The first kappa shape index (κ1) is 22.4. The van der Waals surface area contributed by atoms with E-state index in [0.29, 0.717) is 13.0 Å². The van der Waals surface area contributed by atoms with Crippen LogP contribution < -0.4 is 5.32 Å². The minimum Gasteiger partial charge on any atom is -0.464 e. The number of hydrogen-bond acceptors (Lipinski definition) is 4. The Morgan fingerprint density at radius 3 is 2.26 bits per heavy atom. The van der Waals surface area contributed by atoms with Gasteiger partial charge >= 0.3 is 12.1 Å². The third-order valence-electron chi connectivity index (χ3n) is 2.95. The van der Waals surface area contributed by atoms with E-state index in [1.807, 2.05) is 0 Å². The predicted octanol–water partition coefficient (Wildman–Crippen LogP) is 4.33. The quantitative estimate of drug-likeness (QED) is 0.266. The molecule has 0 saturated heterocycles. The second kappa shape index (κ2) is 10.3. The van der Waals surface area contributed by atoms with Crippen LogP contribution in [-0.4, -0.2) is 43.7 Å². The number of carbonyl (C=O) groups is 2. The Hall–Kier alpha value is -0.563. The fourth-order valence-corrected chi connectivity index (χ4v) is 2.81. The van der Waals surface area contributed by atoms with Crippen LogP contribution in [0.2, 0.25) is 25.7 Å². The van der Waals surface area contributed by atoms with Crippen molar-refractivity contribution in [3.05, 3.63) is 0 Å². The number of alkyl halides is 1. The van der Waals surface area contributed by atoms with Crippen LogP contribution >= 0.6 is 15.9 Å². The van der Waals surface area contributed by atoms with Crippen molar-refractivity contribution < 1.29 is 19.1 Å². The second-order valence-corrected chi connectivity index (χ2v) is 14.3. The Labute approximate surface area is 150 Å². The molecule has 5 nitrogen and oxygen atoms in total. The van der Waals surface area contributed by atoms with Crippen molar-refractivity contribution in [1.82, 2.24) is 5.32 Å². The number of nitrogens with one attached hydrogen (secondary N) is 1. The summed E-state index contributed by atoms with van der Waals surface area (Å²) in [6.45, 7) is 12.5. The first-order valence-electron chi connectivity index (χ1n) is 8.17. The van der Waals surface area contributed by atoms with Crippen LogP contribution in [0.4, 0.5) is 4.79 Å². The van der Waals surface area contributed by atoms with Crippen molar-refractivity contribution in [2.45, 2.75) is 77.4 Å². The van der Waals surface area contributed by atoms with Gasteiger partial charge in [0.15, 0.2) is 0 Å². The summed E-state index contributed by atoms with van der Waals surface area (Å²) in [5.41, 5.74) is -0.591. The monoisotopic (exact) mass is 409 g/mol. The molecule has 7 heteroatoms. The van der Waals surface area contributed by atoms with E-state index in [-0.39, 0.29) is 5.97 Å². The lowest BCUT2D eigenvalue weighted by atomic mass is 10.1. The molecule has 0 aliphatic carbocycles. The zero-order valence-corrected chi connectivity index (χ0v) is 17.9. The Kier molecular flexibility index (Phi) is 10.1. The average Bonchev–Trinajstić information content (AvgIpc) is 2.33. The van der Waals surface area contributed by atoms with Crippen molar-refractivity contribution in [3.63, 3.8) is 0 Å². The first-order chi connectivity index (χ1) is 10.4. The van der Waals surface area contributed by atoms with Crippen LogP contribution in [0.25, 0.3) is 0 Å². The van der Waals surface area contributed by atoms with E-state index in [1.54, 1.807) is 20.8 Å². The molecule has 1 amide bonds. The summed E-state index contributed by atoms with van der Waals surface area (Å²) >= 11 is 3.37. The number of carbonyl (C=O) groups excluding carboxylic acids is 2. The number of rotatable bonds is 9. The number of hydrogen-bond donors (Lipinski definition) is 1. The third-order valence-corrected chi connectivity index (χ3v) is 5.21. The second-order valence-electron chi connectivity index (χ2n) is 7.86. The molecular formula is C16H32BrNO4Si. The molecule has 0 saturated carbocycles. The standard InChI is InChI=1S/C16H32BrNO4Si/c1-16(2,3)22-15(20)18-13(9-7-8-10-17)14(19)21-11-12-23(4,5)6/h13H,7-12H2,1-6H3,(H,18,20)/t13-/m0/s1. The van der Waals surface area contributed by atoms with E-state index in [4.69, 9.17) is 9.47 Å². The minimum absolute atomic E-state index is 0.372. The molecule has 1 atom stereocenters. The Balaban J connectivity index is 4.53. The molecule has 0 radical (unpaired) electrons. The summed E-state index contributed by atoms with van der Waals surface area (Å²) < 4.78 is 10.6. The normalized spacial score (nSPS) is 13.3. The molecule has 0 aromatic heterocycles. The summed E-state index contributed by atoms with van der Waals surface area (Å²) in [7, 11) is -1.25. The molecule has 0 unspecified atom stereocenters. The lowest BCUT2D eigenvalue weighted by Gasteiger charge is -2.23. The topological polar surface area (TPSA) is 64.6 Å². The van der Waals surface area contributed by atoms with Crippen LogP contribution in [-0.2, 0) is 14.3 Å². The number of alkyl carbamates (subject to hydrolysis) is 1. The zero-order chi connectivity index (χ0) is 18.1. The van der Waals surface area contributed by atoms with Crippen LogP contribution in [0.15, 0.2) is 0 Å². The van der Waals surface area contributed by atoms with E-state index in [2.05, 4.69) is 40.9 Å². The molecule has 136 valence electrons. The molecule has 0 heterocycles. The largest absolute Gasteiger partial charge is 0.464 e. The minimum atomic E-state index is -1.25. The van der Waals surface area contributed by atoms with E-state index >= 15 is 0 Å². The molecule has 0 bridgehead atoms. The van der Waals surface area contributed by atoms with Gasteiger partial charge < -0.3 is 14.8 Å². The summed E-state index contributed by atoms with van der Waals surface area (Å²) in [5, 5.41) is 3.51. The molecule has 0 aliphatic rings. The third kappa shape index (κ3) is 13.6. The van der Waals surface area contributed by atoms with Crippen molar-refractivity contribution in [2.75, 3.05) is 11.9 Å². The van der Waals surface area contributed by atoms with E-state index < -0.39 is 25.8 Å². The molecule has 0 aliphatic heterocycles. The van der Waals surface area contributed by atoms with Gasteiger partial charge in [0.05, 0.1) is 6.61 Å². The van der Waals surface area contributed by atoms with Crippen molar-refractivity contribution in [1.29, 1.82) is 0 Å². The molecule has 1 N–H and O–H groups in total. The lowest BCUT2D eigenvalue weighted by molar-refractivity contribution is -0.145. The Bertz CT molecular complexity index is 377. The molecule has 0 aromatic rings.